The van der Waals surface area contributed by atoms with Gasteiger partial charge in [-0.2, -0.15) is 4.98 Å². The number of thiazole rings is 1. The van der Waals surface area contributed by atoms with Crippen LogP contribution in [0.5, 0.6) is 0 Å². The third-order valence-electron chi connectivity index (χ3n) is 6.72. The van der Waals surface area contributed by atoms with Gasteiger partial charge in [0.2, 0.25) is 5.95 Å². The molecular weight excluding hydrogens is 422 g/mol. The molecule has 3 unspecified atom stereocenters. The van der Waals surface area contributed by atoms with Crippen molar-refractivity contribution in [2.45, 2.75) is 46.1 Å². The van der Waals surface area contributed by atoms with Crippen LogP contribution >= 0.6 is 11.3 Å². The summed E-state index contributed by atoms with van der Waals surface area (Å²) in [6, 6.07) is 8.18. The Hall–Kier alpha value is -2.29. The number of fused-ring (bicyclic) bond motifs is 1. The van der Waals surface area contributed by atoms with E-state index in [1.165, 1.54) is 0 Å². The van der Waals surface area contributed by atoms with Gasteiger partial charge in [0.25, 0.3) is 0 Å². The Bertz CT molecular complexity index is 1040. The van der Waals surface area contributed by atoms with Gasteiger partial charge in [-0.15, -0.1) is 11.3 Å². The van der Waals surface area contributed by atoms with E-state index in [1.54, 1.807) is 11.3 Å². The molecule has 0 amide bonds. The lowest BCUT2D eigenvalue weighted by molar-refractivity contribution is 0.158. The number of hydrogen-bond acceptors (Lipinski definition) is 8. The molecular formula is C24H33N5O2S. The molecule has 1 aliphatic rings. The lowest BCUT2D eigenvalue weighted by Gasteiger charge is -2.34. The van der Waals surface area contributed by atoms with Gasteiger partial charge in [0.15, 0.2) is 0 Å². The van der Waals surface area contributed by atoms with Gasteiger partial charge in [-0.1, -0.05) is 19.1 Å². The number of nitrogens with one attached hydrogen (secondary N) is 2. The van der Waals surface area contributed by atoms with Crippen molar-refractivity contribution in [1.82, 2.24) is 15.0 Å². The Kier molecular flexibility index (Phi) is 6.93. The summed E-state index contributed by atoms with van der Waals surface area (Å²) in [5.41, 5.74) is 2.65. The van der Waals surface area contributed by atoms with Gasteiger partial charge in [-0.05, 0) is 57.6 Å². The molecule has 1 fully saturated rings. The minimum atomic E-state index is -0.164. The number of ether oxygens (including phenoxy) is 1. The second-order valence-electron chi connectivity index (χ2n) is 8.78. The highest BCUT2D eigenvalue weighted by Crippen LogP contribution is 2.44. The second kappa shape index (κ2) is 9.68. The third-order valence-corrected chi connectivity index (χ3v) is 7.77. The third kappa shape index (κ3) is 4.58. The second-order valence-corrected chi connectivity index (χ2v) is 9.81. The van der Waals surface area contributed by atoms with Gasteiger partial charge in [0, 0.05) is 25.3 Å². The van der Waals surface area contributed by atoms with Crippen molar-refractivity contribution >= 4 is 33.3 Å². The Morgan fingerprint density at radius 2 is 2.06 bits per heavy atom. The van der Waals surface area contributed by atoms with E-state index in [9.17, 15) is 5.11 Å². The van der Waals surface area contributed by atoms with E-state index in [-0.39, 0.29) is 12.1 Å². The number of benzene rings is 1. The molecule has 2 aromatic heterocycles. The van der Waals surface area contributed by atoms with Gasteiger partial charge in [-0.3, -0.25) is 0 Å². The first-order valence-corrected chi connectivity index (χ1v) is 12.2. The van der Waals surface area contributed by atoms with Crippen LogP contribution in [0.25, 0.3) is 20.8 Å². The zero-order chi connectivity index (χ0) is 22.7. The molecule has 0 bridgehead atoms. The summed E-state index contributed by atoms with van der Waals surface area (Å²) in [5, 5.41) is 17.8. The molecule has 2 heterocycles. The van der Waals surface area contributed by atoms with Crippen LogP contribution in [0.3, 0.4) is 0 Å². The zero-order valence-corrected chi connectivity index (χ0v) is 20.1. The fraction of sp³-hybridized carbons (Fsp3) is 0.542. The molecule has 0 saturated heterocycles. The van der Waals surface area contributed by atoms with Crippen LogP contribution < -0.4 is 10.6 Å². The van der Waals surface area contributed by atoms with Gasteiger partial charge < -0.3 is 20.5 Å². The Morgan fingerprint density at radius 1 is 1.25 bits per heavy atom. The fourth-order valence-corrected chi connectivity index (χ4v) is 5.60. The Balaban J connectivity index is 1.72. The lowest BCUT2D eigenvalue weighted by Crippen LogP contribution is -2.40. The minimum Gasteiger partial charge on any atom is -0.396 e. The molecule has 8 heteroatoms. The van der Waals surface area contributed by atoms with E-state index in [0.717, 1.165) is 45.1 Å². The normalized spacial score (nSPS) is 23.0. The number of aliphatic hydroxyl groups is 1. The van der Waals surface area contributed by atoms with Crippen molar-refractivity contribution in [2.24, 2.45) is 11.8 Å². The summed E-state index contributed by atoms with van der Waals surface area (Å²) in [4.78, 5) is 14.5. The number of aryl methyl sites for hydroxylation is 1. The summed E-state index contributed by atoms with van der Waals surface area (Å²) in [5.74, 6) is 2.00. The van der Waals surface area contributed by atoms with Gasteiger partial charge in [0.05, 0.1) is 28.1 Å². The molecule has 1 saturated carbocycles. The average Bonchev–Trinajstić information content (AvgIpc) is 3.32. The highest BCUT2D eigenvalue weighted by Gasteiger charge is 2.42. The van der Waals surface area contributed by atoms with Crippen molar-refractivity contribution in [2.75, 3.05) is 37.0 Å². The van der Waals surface area contributed by atoms with Crippen molar-refractivity contribution in [1.29, 1.82) is 0 Å². The van der Waals surface area contributed by atoms with E-state index in [4.69, 9.17) is 19.7 Å². The van der Waals surface area contributed by atoms with Crippen LogP contribution in [0.2, 0.25) is 0 Å². The maximum Gasteiger partial charge on any atom is 0.224 e. The number of hydrogen-bond donors (Lipinski definition) is 3. The number of aliphatic hydroxyl groups excluding tert-OH is 1. The summed E-state index contributed by atoms with van der Waals surface area (Å²) < 4.78 is 6.58. The van der Waals surface area contributed by atoms with Crippen molar-refractivity contribution in [3.63, 3.8) is 0 Å². The van der Waals surface area contributed by atoms with Crippen molar-refractivity contribution < 1.29 is 9.84 Å². The van der Waals surface area contributed by atoms with Crippen LogP contribution in [0.1, 0.15) is 39.3 Å². The SMILES string of the molecule is CCOCCNc1nc(C)c(-c2nc3ccccc3s2)c(NC2(C)CCC(CO)C2C)n1. The predicted octanol–water partition coefficient (Wildman–Crippen LogP) is 4.72. The molecule has 172 valence electrons. The number of nitrogens with zero attached hydrogens (tertiary/aromatic N) is 3. The van der Waals surface area contributed by atoms with Crippen LogP contribution in [-0.4, -0.2) is 52.0 Å². The molecule has 0 aliphatic heterocycles. The average molecular weight is 456 g/mol. The highest BCUT2D eigenvalue weighted by atomic mass is 32.1. The van der Waals surface area contributed by atoms with Gasteiger partial charge in [-0.25, -0.2) is 9.97 Å². The molecule has 4 rings (SSSR count). The molecule has 1 aliphatic carbocycles. The number of anilines is 2. The molecule has 3 aromatic rings. The first-order chi connectivity index (χ1) is 15.4. The standard InChI is InChI=1S/C24H33N5O2S/c1-5-31-13-12-25-23-26-16(3)20(22-27-18-8-6-7-9-19(18)32-22)21(28-23)29-24(4)11-10-17(14-30)15(24)2/h6-9,15,17,30H,5,10-14H2,1-4H3,(H2,25,26,28,29). The van der Waals surface area contributed by atoms with Crippen LogP contribution in [0.4, 0.5) is 11.8 Å². The smallest absolute Gasteiger partial charge is 0.224 e. The summed E-state index contributed by atoms with van der Waals surface area (Å²) >= 11 is 1.66. The Labute approximate surface area is 193 Å². The summed E-state index contributed by atoms with van der Waals surface area (Å²) in [6.45, 7) is 10.6. The topological polar surface area (TPSA) is 92.2 Å². The maximum absolute atomic E-state index is 9.79. The first-order valence-electron chi connectivity index (χ1n) is 11.4. The Morgan fingerprint density at radius 3 is 2.78 bits per heavy atom. The largest absolute Gasteiger partial charge is 0.396 e. The van der Waals surface area contributed by atoms with Crippen LogP contribution in [0.15, 0.2) is 24.3 Å². The number of rotatable bonds is 9. The van der Waals surface area contributed by atoms with Crippen LogP contribution in [0, 0.1) is 18.8 Å². The summed E-state index contributed by atoms with van der Waals surface area (Å²) in [6.07, 6.45) is 1.98. The fourth-order valence-electron chi connectivity index (χ4n) is 4.54. The maximum atomic E-state index is 9.79. The predicted molar refractivity (Wildman–Crippen MR) is 131 cm³/mol. The molecule has 3 N–H and O–H groups in total. The van der Waals surface area contributed by atoms with E-state index >= 15 is 0 Å². The first kappa shape index (κ1) is 22.9. The molecule has 32 heavy (non-hydrogen) atoms. The highest BCUT2D eigenvalue weighted by molar-refractivity contribution is 7.21. The van der Waals surface area contributed by atoms with Gasteiger partial charge in [0.1, 0.15) is 10.8 Å². The van der Waals surface area contributed by atoms with Crippen molar-refractivity contribution in [3.05, 3.63) is 30.0 Å². The number of para-hydroxylation sites is 1. The molecule has 0 radical (unpaired) electrons. The molecule has 1 aromatic carbocycles. The van der Waals surface area contributed by atoms with Crippen molar-refractivity contribution in [3.8, 4) is 10.6 Å². The van der Waals surface area contributed by atoms with Gasteiger partial charge >= 0.3 is 0 Å². The molecule has 3 atom stereocenters. The number of aromatic nitrogens is 3. The van der Waals surface area contributed by atoms with E-state index in [0.29, 0.717) is 37.5 Å². The van der Waals surface area contributed by atoms with E-state index in [2.05, 4.69) is 30.5 Å². The van der Waals surface area contributed by atoms with E-state index < -0.39 is 0 Å². The van der Waals surface area contributed by atoms with E-state index in [1.807, 2.05) is 32.0 Å². The zero-order valence-electron chi connectivity index (χ0n) is 19.3. The molecule has 0 spiro atoms. The summed E-state index contributed by atoms with van der Waals surface area (Å²) in [7, 11) is 0. The lowest BCUT2D eigenvalue weighted by atomic mass is 9.86. The molecule has 7 nitrogen and oxygen atoms in total. The quantitative estimate of drug-likeness (QED) is 0.402. The monoisotopic (exact) mass is 455 g/mol. The minimum absolute atomic E-state index is 0.164. The van der Waals surface area contributed by atoms with Crippen LogP contribution in [-0.2, 0) is 4.74 Å².